The van der Waals surface area contributed by atoms with Crippen LogP contribution in [0.2, 0.25) is 5.02 Å². The molecule has 0 N–H and O–H groups in total. The fourth-order valence-electron chi connectivity index (χ4n) is 2.17. The Labute approximate surface area is 127 Å². The summed E-state index contributed by atoms with van der Waals surface area (Å²) < 4.78 is 11.0. The molecule has 0 unspecified atom stereocenters. The third-order valence-electron chi connectivity index (χ3n) is 3.10. The van der Waals surface area contributed by atoms with Gasteiger partial charge in [0.15, 0.2) is 5.76 Å². The molecule has 0 saturated carbocycles. The lowest BCUT2D eigenvalue weighted by atomic mass is 10.1. The summed E-state index contributed by atoms with van der Waals surface area (Å²) in [4.78, 5) is 12.3. The maximum atomic E-state index is 12.3. The first kappa shape index (κ1) is 13.7. The topological polar surface area (TPSA) is 35.5 Å². The molecular formula is C17H13ClO3. The highest BCUT2D eigenvalue weighted by Crippen LogP contribution is 2.34. The number of fused-ring (bicyclic) bond motifs is 1. The molecule has 0 saturated heterocycles. The van der Waals surface area contributed by atoms with Gasteiger partial charge in [0.05, 0.1) is 12.2 Å². The van der Waals surface area contributed by atoms with Crippen LogP contribution in [0.4, 0.5) is 0 Å². The molecule has 0 aliphatic carbocycles. The molecule has 2 aromatic carbocycles. The van der Waals surface area contributed by atoms with Crippen molar-refractivity contribution in [3.63, 3.8) is 0 Å². The van der Waals surface area contributed by atoms with Crippen molar-refractivity contribution in [2.75, 3.05) is 6.61 Å². The molecule has 0 radical (unpaired) electrons. The average molecular weight is 301 g/mol. The SMILES string of the molecule is CCOc1ccc2c(c1)OC(=Cc1cccc(Cl)c1)C2=O. The van der Waals surface area contributed by atoms with Gasteiger partial charge >= 0.3 is 0 Å². The van der Waals surface area contributed by atoms with E-state index in [1.807, 2.05) is 19.1 Å². The lowest BCUT2D eigenvalue weighted by molar-refractivity contribution is 0.101. The summed E-state index contributed by atoms with van der Waals surface area (Å²) in [5.41, 5.74) is 1.37. The Morgan fingerprint density at radius 3 is 2.86 bits per heavy atom. The van der Waals surface area contributed by atoms with E-state index in [9.17, 15) is 4.79 Å². The summed E-state index contributed by atoms with van der Waals surface area (Å²) in [6.45, 7) is 2.47. The minimum absolute atomic E-state index is 0.131. The summed E-state index contributed by atoms with van der Waals surface area (Å²) in [5, 5.41) is 0.617. The van der Waals surface area contributed by atoms with Crippen LogP contribution >= 0.6 is 11.6 Å². The van der Waals surface area contributed by atoms with Crippen LogP contribution in [-0.4, -0.2) is 12.4 Å². The second-order valence-corrected chi connectivity index (χ2v) is 5.02. The van der Waals surface area contributed by atoms with E-state index in [0.29, 0.717) is 34.5 Å². The van der Waals surface area contributed by atoms with Gasteiger partial charge in [-0.3, -0.25) is 4.79 Å². The molecule has 3 nitrogen and oxygen atoms in total. The van der Waals surface area contributed by atoms with E-state index in [2.05, 4.69) is 0 Å². The van der Waals surface area contributed by atoms with Gasteiger partial charge in [0.1, 0.15) is 11.5 Å². The lowest BCUT2D eigenvalue weighted by Gasteiger charge is -2.03. The predicted molar refractivity (Wildman–Crippen MR) is 82.0 cm³/mol. The molecule has 21 heavy (non-hydrogen) atoms. The minimum atomic E-state index is -0.131. The van der Waals surface area contributed by atoms with E-state index in [0.717, 1.165) is 5.56 Å². The number of hydrogen-bond acceptors (Lipinski definition) is 3. The summed E-state index contributed by atoms with van der Waals surface area (Å²) >= 11 is 5.94. The predicted octanol–water partition coefficient (Wildman–Crippen LogP) is 4.35. The van der Waals surface area contributed by atoms with Gasteiger partial charge in [-0.1, -0.05) is 23.7 Å². The van der Waals surface area contributed by atoms with E-state index < -0.39 is 0 Å². The summed E-state index contributed by atoms with van der Waals surface area (Å²) in [5.74, 6) is 1.38. The summed E-state index contributed by atoms with van der Waals surface area (Å²) in [6, 6.07) is 12.5. The molecule has 1 aliphatic heterocycles. The number of Topliss-reactive ketones (excluding diaryl/α,β-unsaturated/α-hetero) is 1. The minimum Gasteiger partial charge on any atom is -0.494 e. The Kier molecular flexibility index (Phi) is 3.67. The monoisotopic (exact) mass is 300 g/mol. The number of ether oxygens (including phenoxy) is 2. The molecule has 3 rings (SSSR count). The van der Waals surface area contributed by atoms with Crippen LogP contribution in [-0.2, 0) is 0 Å². The summed E-state index contributed by atoms with van der Waals surface area (Å²) in [7, 11) is 0. The van der Waals surface area contributed by atoms with Crippen molar-refractivity contribution in [1.29, 1.82) is 0 Å². The van der Waals surface area contributed by atoms with Gasteiger partial charge in [-0.25, -0.2) is 0 Å². The van der Waals surface area contributed by atoms with Crippen LogP contribution in [0.15, 0.2) is 48.2 Å². The molecule has 0 spiro atoms. The zero-order valence-electron chi connectivity index (χ0n) is 11.4. The van der Waals surface area contributed by atoms with E-state index in [1.54, 1.807) is 36.4 Å². The van der Waals surface area contributed by atoms with Crippen LogP contribution < -0.4 is 9.47 Å². The fraction of sp³-hybridized carbons (Fsp3) is 0.118. The molecule has 0 atom stereocenters. The smallest absolute Gasteiger partial charge is 0.231 e. The Balaban J connectivity index is 1.92. The number of carbonyl (C=O) groups excluding carboxylic acids is 1. The van der Waals surface area contributed by atoms with Crippen LogP contribution in [0.5, 0.6) is 11.5 Å². The Morgan fingerprint density at radius 2 is 2.10 bits per heavy atom. The normalized spacial score (nSPS) is 15.0. The maximum Gasteiger partial charge on any atom is 0.231 e. The van der Waals surface area contributed by atoms with Crippen molar-refractivity contribution in [2.45, 2.75) is 6.92 Å². The van der Waals surface area contributed by atoms with Crippen molar-refractivity contribution in [1.82, 2.24) is 0 Å². The second-order valence-electron chi connectivity index (χ2n) is 4.59. The van der Waals surface area contributed by atoms with Crippen molar-refractivity contribution >= 4 is 23.5 Å². The molecule has 1 aliphatic rings. The molecular weight excluding hydrogens is 288 g/mol. The summed E-state index contributed by atoms with van der Waals surface area (Å²) in [6.07, 6.45) is 1.69. The Hall–Kier alpha value is -2.26. The van der Waals surface area contributed by atoms with Gasteiger partial charge in [-0.15, -0.1) is 0 Å². The molecule has 4 heteroatoms. The van der Waals surface area contributed by atoms with E-state index >= 15 is 0 Å². The molecule has 0 aromatic heterocycles. The molecule has 1 heterocycles. The average Bonchev–Trinajstić information content (AvgIpc) is 2.75. The molecule has 106 valence electrons. The number of carbonyl (C=O) groups is 1. The van der Waals surface area contributed by atoms with Crippen LogP contribution in [0, 0.1) is 0 Å². The van der Waals surface area contributed by atoms with Crippen molar-refractivity contribution in [2.24, 2.45) is 0 Å². The highest BCUT2D eigenvalue weighted by atomic mass is 35.5. The number of hydrogen-bond donors (Lipinski definition) is 0. The third kappa shape index (κ3) is 2.78. The second kappa shape index (κ2) is 5.62. The van der Waals surface area contributed by atoms with Crippen LogP contribution in [0.1, 0.15) is 22.8 Å². The number of rotatable bonds is 3. The number of benzene rings is 2. The fourth-order valence-corrected chi connectivity index (χ4v) is 2.37. The number of allylic oxidation sites excluding steroid dienone is 1. The van der Waals surface area contributed by atoms with Crippen LogP contribution in [0.25, 0.3) is 6.08 Å². The molecule has 2 aromatic rings. The lowest BCUT2D eigenvalue weighted by Crippen LogP contribution is -1.97. The van der Waals surface area contributed by atoms with Gasteiger partial charge < -0.3 is 9.47 Å². The quantitative estimate of drug-likeness (QED) is 0.790. The van der Waals surface area contributed by atoms with Gasteiger partial charge in [0.2, 0.25) is 5.78 Å². The maximum absolute atomic E-state index is 12.3. The first-order chi connectivity index (χ1) is 10.2. The first-order valence-electron chi connectivity index (χ1n) is 6.64. The van der Waals surface area contributed by atoms with Gasteiger partial charge in [-0.2, -0.15) is 0 Å². The van der Waals surface area contributed by atoms with Crippen molar-refractivity contribution in [3.8, 4) is 11.5 Å². The molecule has 0 bridgehead atoms. The zero-order chi connectivity index (χ0) is 14.8. The Morgan fingerprint density at radius 1 is 1.24 bits per heavy atom. The van der Waals surface area contributed by atoms with Gasteiger partial charge in [-0.05, 0) is 42.8 Å². The van der Waals surface area contributed by atoms with Gasteiger partial charge in [0.25, 0.3) is 0 Å². The van der Waals surface area contributed by atoms with Crippen molar-refractivity contribution in [3.05, 3.63) is 64.4 Å². The van der Waals surface area contributed by atoms with E-state index in [-0.39, 0.29) is 5.78 Å². The number of halogens is 1. The highest BCUT2D eigenvalue weighted by molar-refractivity contribution is 6.30. The zero-order valence-corrected chi connectivity index (χ0v) is 12.2. The highest BCUT2D eigenvalue weighted by Gasteiger charge is 2.27. The largest absolute Gasteiger partial charge is 0.494 e. The third-order valence-corrected chi connectivity index (χ3v) is 3.33. The number of ketones is 1. The van der Waals surface area contributed by atoms with Crippen LogP contribution in [0.3, 0.4) is 0 Å². The molecule has 0 fully saturated rings. The Bertz CT molecular complexity index is 735. The van der Waals surface area contributed by atoms with Crippen molar-refractivity contribution < 1.29 is 14.3 Å². The van der Waals surface area contributed by atoms with E-state index in [4.69, 9.17) is 21.1 Å². The standard InChI is InChI=1S/C17H13ClO3/c1-2-20-13-6-7-14-15(10-13)21-16(17(14)19)9-11-4-3-5-12(18)8-11/h3-10H,2H2,1H3. The van der Waals surface area contributed by atoms with E-state index in [1.165, 1.54) is 0 Å². The van der Waals surface area contributed by atoms with Gasteiger partial charge in [0, 0.05) is 11.1 Å². The molecule has 0 amide bonds. The first-order valence-corrected chi connectivity index (χ1v) is 7.02.